The van der Waals surface area contributed by atoms with Crippen LogP contribution in [-0.4, -0.2) is 33.0 Å². The molecule has 0 fully saturated rings. The summed E-state index contributed by atoms with van der Waals surface area (Å²) in [6.07, 6.45) is 0.868. The van der Waals surface area contributed by atoms with Crippen LogP contribution in [0.2, 0.25) is 0 Å². The molecule has 4 N–H and O–H groups in total. The molecular weight excluding hydrogens is 352 g/mol. The molecule has 0 aliphatic rings. The summed E-state index contributed by atoms with van der Waals surface area (Å²) in [5, 5.41) is 23.9. The number of hydrogen-bond acceptors (Lipinski definition) is 7. The first-order valence-electron chi connectivity index (χ1n) is 7.99. The molecule has 25 heavy (non-hydrogen) atoms. The number of rotatable bonds is 6. The van der Waals surface area contributed by atoms with E-state index in [1.807, 2.05) is 19.1 Å². The number of nitrogens with two attached hydrogens (primary N) is 1. The zero-order valence-corrected chi connectivity index (χ0v) is 15.3. The van der Waals surface area contributed by atoms with E-state index < -0.39 is 0 Å². The van der Waals surface area contributed by atoms with Gasteiger partial charge < -0.3 is 11.1 Å². The molecule has 0 aliphatic heterocycles. The molecule has 3 aromatic heterocycles. The molecule has 0 radical (unpaired) electrons. The van der Waals surface area contributed by atoms with E-state index in [0.29, 0.717) is 6.54 Å². The molecule has 0 aliphatic carbocycles. The highest BCUT2D eigenvalue weighted by molar-refractivity contribution is 7.18. The van der Waals surface area contributed by atoms with Gasteiger partial charge in [0.25, 0.3) is 0 Å². The molecule has 6 nitrogen and oxygen atoms in total. The van der Waals surface area contributed by atoms with Crippen molar-refractivity contribution < 1.29 is 0 Å². The molecule has 128 valence electrons. The third-order valence-electron chi connectivity index (χ3n) is 3.98. The number of H-pyrrole nitrogens is 1. The van der Waals surface area contributed by atoms with Crippen LogP contribution in [-0.2, 0) is 6.42 Å². The van der Waals surface area contributed by atoms with Crippen LogP contribution in [0.1, 0.15) is 10.6 Å². The lowest BCUT2D eigenvalue weighted by atomic mass is 10.1. The fourth-order valence-corrected chi connectivity index (χ4v) is 4.21. The Morgan fingerprint density at radius 1 is 1.28 bits per heavy atom. The van der Waals surface area contributed by atoms with Crippen molar-refractivity contribution in [2.45, 2.75) is 19.4 Å². The summed E-state index contributed by atoms with van der Waals surface area (Å²) in [6.45, 7) is 2.66. The van der Waals surface area contributed by atoms with Gasteiger partial charge in [-0.2, -0.15) is 5.10 Å². The summed E-state index contributed by atoms with van der Waals surface area (Å²) in [7, 11) is 0. The third-order valence-corrected chi connectivity index (χ3v) is 5.81. The highest BCUT2D eigenvalue weighted by Crippen LogP contribution is 2.29. The van der Waals surface area contributed by atoms with Crippen LogP contribution in [0.15, 0.2) is 35.7 Å². The van der Waals surface area contributed by atoms with Crippen molar-refractivity contribution in [1.29, 1.82) is 0 Å². The van der Waals surface area contributed by atoms with E-state index in [-0.39, 0.29) is 6.04 Å². The van der Waals surface area contributed by atoms with Gasteiger partial charge in [0.1, 0.15) is 5.01 Å². The van der Waals surface area contributed by atoms with Gasteiger partial charge in [-0.25, -0.2) is 0 Å². The van der Waals surface area contributed by atoms with Gasteiger partial charge in [-0.3, -0.25) is 5.10 Å². The monoisotopic (exact) mass is 370 g/mol. The van der Waals surface area contributed by atoms with Gasteiger partial charge in [0.05, 0.1) is 11.2 Å². The number of thiophene rings is 1. The molecule has 0 bridgehead atoms. The Balaban J connectivity index is 1.43. The maximum Gasteiger partial charge on any atom is 0.206 e. The highest BCUT2D eigenvalue weighted by Gasteiger charge is 2.11. The Morgan fingerprint density at radius 2 is 2.20 bits per heavy atom. The Morgan fingerprint density at radius 3 is 3.04 bits per heavy atom. The Hall–Kier alpha value is -2.29. The van der Waals surface area contributed by atoms with Gasteiger partial charge in [0, 0.05) is 28.4 Å². The average Bonchev–Trinajstić information content (AvgIpc) is 3.35. The smallest absolute Gasteiger partial charge is 0.206 e. The zero-order valence-electron chi connectivity index (χ0n) is 13.7. The van der Waals surface area contributed by atoms with Crippen LogP contribution in [0.5, 0.6) is 0 Å². The van der Waals surface area contributed by atoms with Crippen molar-refractivity contribution in [3.05, 3.63) is 46.3 Å². The first-order valence-corrected chi connectivity index (χ1v) is 9.69. The lowest BCUT2D eigenvalue weighted by Gasteiger charge is -2.10. The standard InChI is InChI=1S/C17H18N6S2/c1-10-14-7-11(4-5-15(14)21-20-10)16-22-23-17(25-16)19-9-12(18)8-13-3-2-6-24-13/h2-7,12H,8-9,18H2,1H3,(H,19,23)(H,20,21)/t12-/m0/s1. The quantitative estimate of drug-likeness (QED) is 0.483. The van der Waals surface area contributed by atoms with E-state index in [1.54, 1.807) is 11.3 Å². The van der Waals surface area contributed by atoms with Gasteiger partial charge in [-0.05, 0) is 43.0 Å². The maximum absolute atomic E-state index is 6.19. The number of aromatic amines is 1. The number of aryl methyl sites for hydroxylation is 1. The molecular formula is C17H18N6S2. The SMILES string of the molecule is Cc1n[nH]c2ccc(-c3nnc(NC[C@@H](N)Cc4cccs4)s3)cc12. The predicted molar refractivity (Wildman–Crippen MR) is 104 cm³/mol. The first kappa shape index (κ1) is 16.2. The lowest BCUT2D eigenvalue weighted by molar-refractivity contribution is 0.705. The molecule has 4 rings (SSSR count). The third kappa shape index (κ3) is 3.55. The number of nitrogens with zero attached hydrogens (tertiary/aromatic N) is 3. The van der Waals surface area contributed by atoms with E-state index >= 15 is 0 Å². The normalized spacial score (nSPS) is 12.6. The summed E-state index contributed by atoms with van der Waals surface area (Å²) in [5.74, 6) is 0. The second-order valence-corrected chi connectivity index (χ2v) is 7.92. The molecule has 1 atom stereocenters. The molecule has 0 unspecified atom stereocenters. The Labute approximate surface area is 153 Å². The largest absolute Gasteiger partial charge is 0.359 e. The first-order chi connectivity index (χ1) is 12.2. The number of anilines is 1. The fourth-order valence-electron chi connectivity index (χ4n) is 2.67. The number of fused-ring (bicyclic) bond motifs is 1. The van der Waals surface area contributed by atoms with Gasteiger partial charge in [-0.1, -0.05) is 17.4 Å². The lowest BCUT2D eigenvalue weighted by Crippen LogP contribution is -2.30. The van der Waals surface area contributed by atoms with Crippen LogP contribution in [0, 0.1) is 6.92 Å². The van der Waals surface area contributed by atoms with E-state index in [9.17, 15) is 0 Å². The van der Waals surface area contributed by atoms with Gasteiger partial charge in [-0.15, -0.1) is 21.5 Å². The molecule has 1 aromatic carbocycles. The molecule has 0 spiro atoms. The van der Waals surface area contributed by atoms with Crippen molar-refractivity contribution in [2.24, 2.45) is 5.73 Å². The van der Waals surface area contributed by atoms with E-state index in [1.165, 1.54) is 16.2 Å². The minimum atomic E-state index is 0.0518. The van der Waals surface area contributed by atoms with E-state index in [0.717, 1.165) is 38.7 Å². The molecule has 0 saturated heterocycles. The summed E-state index contributed by atoms with van der Waals surface area (Å²) in [4.78, 5) is 1.30. The molecule has 3 heterocycles. The summed E-state index contributed by atoms with van der Waals surface area (Å²) in [5.41, 5.74) is 9.25. The van der Waals surface area contributed by atoms with Gasteiger partial charge in [0.2, 0.25) is 5.13 Å². The van der Waals surface area contributed by atoms with Crippen LogP contribution < -0.4 is 11.1 Å². The van der Waals surface area contributed by atoms with Crippen LogP contribution >= 0.6 is 22.7 Å². The molecule has 0 saturated carbocycles. The minimum Gasteiger partial charge on any atom is -0.359 e. The number of aromatic nitrogens is 4. The van der Waals surface area contributed by atoms with Gasteiger partial charge >= 0.3 is 0 Å². The van der Waals surface area contributed by atoms with Crippen molar-refractivity contribution in [3.63, 3.8) is 0 Å². The molecule has 4 aromatic rings. The molecule has 8 heteroatoms. The summed E-state index contributed by atoms with van der Waals surface area (Å²) < 4.78 is 0. The van der Waals surface area contributed by atoms with Crippen molar-refractivity contribution in [3.8, 4) is 10.6 Å². The van der Waals surface area contributed by atoms with Crippen molar-refractivity contribution >= 4 is 38.7 Å². The van der Waals surface area contributed by atoms with Gasteiger partial charge in [0.15, 0.2) is 0 Å². The fraction of sp³-hybridized carbons (Fsp3) is 0.235. The second-order valence-electron chi connectivity index (χ2n) is 5.91. The topological polar surface area (TPSA) is 92.5 Å². The minimum absolute atomic E-state index is 0.0518. The number of benzene rings is 1. The maximum atomic E-state index is 6.19. The molecule has 0 amide bonds. The van der Waals surface area contributed by atoms with E-state index in [4.69, 9.17) is 5.73 Å². The Kier molecular flexibility index (Phi) is 4.48. The van der Waals surface area contributed by atoms with Crippen LogP contribution in [0.25, 0.3) is 21.5 Å². The predicted octanol–water partition coefficient (Wildman–Crippen LogP) is 3.43. The van der Waals surface area contributed by atoms with Crippen LogP contribution in [0.3, 0.4) is 0 Å². The van der Waals surface area contributed by atoms with Crippen LogP contribution in [0.4, 0.5) is 5.13 Å². The van der Waals surface area contributed by atoms with Crippen molar-refractivity contribution in [2.75, 3.05) is 11.9 Å². The zero-order chi connectivity index (χ0) is 17.2. The summed E-state index contributed by atoms with van der Waals surface area (Å²) >= 11 is 3.27. The number of hydrogen-bond donors (Lipinski definition) is 3. The summed E-state index contributed by atoms with van der Waals surface area (Å²) in [6, 6.07) is 10.4. The average molecular weight is 371 g/mol. The van der Waals surface area contributed by atoms with Crippen molar-refractivity contribution in [1.82, 2.24) is 20.4 Å². The second kappa shape index (κ2) is 6.91. The highest BCUT2D eigenvalue weighted by atomic mass is 32.1. The number of nitrogens with one attached hydrogen (secondary N) is 2. The van der Waals surface area contributed by atoms with E-state index in [2.05, 4.69) is 49.3 Å². The Bertz CT molecular complexity index is 972.